The summed E-state index contributed by atoms with van der Waals surface area (Å²) in [7, 11) is 0. The largest absolute Gasteiger partial charge is 0.491 e. The zero-order valence-corrected chi connectivity index (χ0v) is 19.8. The van der Waals surface area contributed by atoms with Crippen molar-refractivity contribution >= 4 is 23.6 Å². The maximum Gasteiger partial charge on any atom is 0.407 e. The molecule has 1 unspecified atom stereocenters. The summed E-state index contributed by atoms with van der Waals surface area (Å²) in [6, 6.07) is 5.43. The highest BCUT2D eigenvalue weighted by Gasteiger charge is 2.26. The van der Waals surface area contributed by atoms with Crippen LogP contribution in [0, 0.1) is 12.8 Å². The van der Waals surface area contributed by atoms with Crippen molar-refractivity contribution in [3.05, 3.63) is 46.2 Å². The summed E-state index contributed by atoms with van der Waals surface area (Å²) in [6.45, 7) is 9.34. The van der Waals surface area contributed by atoms with E-state index in [4.69, 9.17) is 21.1 Å². The van der Waals surface area contributed by atoms with Crippen LogP contribution in [0.15, 0.2) is 24.4 Å². The molecular weight excluding hydrogens is 432 g/mol. The molecule has 2 amide bonds. The number of amides is 2. The molecule has 0 spiro atoms. The zero-order chi connectivity index (χ0) is 23.3. The van der Waals surface area contributed by atoms with Crippen LogP contribution in [0.3, 0.4) is 0 Å². The molecule has 0 fully saturated rings. The summed E-state index contributed by atoms with van der Waals surface area (Å²) in [6.07, 6.45) is 2.72. The van der Waals surface area contributed by atoms with Crippen molar-refractivity contribution in [3.8, 4) is 5.75 Å². The molecule has 9 heteroatoms. The fourth-order valence-corrected chi connectivity index (χ4v) is 3.83. The number of alkyl carbamates (subject to hydrolysis) is 1. The number of rotatable bonds is 7. The Bertz CT molecular complexity index is 967. The molecule has 2 N–H and O–H groups in total. The third-order valence-electron chi connectivity index (χ3n) is 5.14. The Morgan fingerprint density at radius 3 is 2.78 bits per heavy atom. The summed E-state index contributed by atoms with van der Waals surface area (Å²) in [5, 5.41) is 10.7. The summed E-state index contributed by atoms with van der Waals surface area (Å²) in [4.78, 5) is 24.6. The van der Waals surface area contributed by atoms with Crippen LogP contribution >= 0.6 is 11.6 Å². The number of fused-ring (bicyclic) bond motifs is 1. The van der Waals surface area contributed by atoms with E-state index >= 15 is 0 Å². The highest BCUT2D eigenvalue weighted by molar-refractivity contribution is 6.30. The minimum Gasteiger partial charge on any atom is -0.491 e. The molecule has 8 nitrogen and oxygen atoms in total. The Hall–Kier alpha value is -2.74. The van der Waals surface area contributed by atoms with Gasteiger partial charge in [-0.15, -0.1) is 0 Å². The van der Waals surface area contributed by atoms with Crippen LogP contribution in [-0.4, -0.2) is 47.1 Å². The van der Waals surface area contributed by atoms with E-state index in [0.717, 1.165) is 23.4 Å². The minimum atomic E-state index is -0.531. The lowest BCUT2D eigenvalue weighted by atomic mass is 9.94. The lowest BCUT2D eigenvalue weighted by Crippen LogP contribution is -2.37. The lowest BCUT2D eigenvalue weighted by molar-refractivity contribution is 0.0516. The van der Waals surface area contributed by atoms with Crippen LogP contribution in [0.5, 0.6) is 5.75 Å². The average Bonchev–Trinajstić information content (AvgIpc) is 3.13. The van der Waals surface area contributed by atoms with Crippen LogP contribution in [0.25, 0.3) is 0 Å². The number of carbonyl (C=O) groups is 2. The van der Waals surface area contributed by atoms with E-state index < -0.39 is 11.7 Å². The first-order chi connectivity index (χ1) is 15.1. The molecule has 1 aliphatic heterocycles. The first-order valence-electron chi connectivity index (χ1n) is 10.8. The SMILES string of the molecule is Cc1cc(Cl)ccc1OCCNC(=O)c1cnn2c1CC(CNC(=O)OC(C)(C)C)CC2. The molecule has 174 valence electrons. The monoisotopic (exact) mass is 462 g/mol. The van der Waals surface area contributed by atoms with Crippen LogP contribution in [0.2, 0.25) is 5.02 Å². The molecule has 0 aliphatic carbocycles. The van der Waals surface area contributed by atoms with Crippen molar-refractivity contribution < 1.29 is 19.1 Å². The van der Waals surface area contributed by atoms with Gasteiger partial charge < -0.3 is 20.1 Å². The van der Waals surface area contributed by atoms with Gasteiger partial charge in [0.25, 0.3) is 5.91 Å². The van der Waals surface area contributed by atoms with Gasteiger partial charge in [0.2, 0.25) is 0 Å². The molecule has 3 rings (SSSR count). The molecule has 0 saturated heterocycles. The van der Waals surface area contributed by atoms with Crippen molar-refractivity contribution in [3.63, 3.8) is 0 Å². The predicted octanol–water partition coefficient (Wildman–Crippen LogP) is 3.74. The molecule has 1 atom stereocenters. The van der Waals surface area contributed by atoms with Crippen LogP contribution in [0.1, 0.15) is 48.8 Å². The van der Waals surface area contributed by atoms with E-state index in [1.165, 1.54) is 0 Å². The number of aryl methyl sites for hydroxylation is 2. The summed E-state index contributed by atoms with van der Waals surface area (Å²) in [5.41, 5.74) is 1.87. The standard InChI is InChI=1S/C23H31ClN4O4/c1-15-11-17(24)5-6-20(15)31-10-8-25-21(29)18-14-27-28-9-7-16(12-19(18)28)13-26-22(30)32-23(2,3)4/h5-6,11,14,16H,7-10,12-13H2,1-4H3,(H,25,29)(H,26,30). The topological polar surface area (TPSA) is 94.5 Å². The number of benzene rings is 1. The number of ether oxygens (including phenoxy) is 2. The van der Waals surface area contributed by atoms with Crippen molar-refractivity contribution in [1.29, 1.82) is 0 Å². The molecule has 1 aromatic carbocycles. The zero-order valence-electron chi connectivity index (χ0n) is 19.0. The highest BCUT2D eigenvalue weighted by Crippen LogP contribution is 2.23. The summed E-state index contributed by atoms with van der Waals surface area (Å²) < 4.78 is 12.9. The lowest BCUT2D eigenvalue weighted by Gasteiger charge is -2.25. The van der Waals surface area contributed by atoms with Crippen LogP contribution in [0.4, 0.5) is 4.79 Å². The van der Waals surface area contributed by atoms with Gasteiger partial charge in [0.05, 0.1) is 24.0 Å². The molecular formula is C23H31ClN4O4. The average molecular weight is 463 g/mol. The highest BCUT2D eigenvalue weighted by atomic mass is 35.5. The molecule has 2 aromatic rings. The number of hydrogen-bond donors (Lipinski definition) is 2. The third kappa shape index (κ3) is 6.63. The van der Waals surface area contributed by atoms with Crippen molar-refractivity contribution in [2.75, 3.05) is 19.7 Å². The van der Waals surface area contributed by atoms with Gasteiger partial charge in [-0.05, 0) is 70.2 Å². The van der Waals surface area contributed by atoms with Gasteiger partial charge in [0.1, 0.15) is 18.0 Å². The van der Waals surface area contributed by atoms with Crippen molar-refractivity contribution in [1.82, 2.24) is 20.4 Å². The van der Waals surface area contributed by atoms with E-state index in [1.54, 1.807) is 12.3 Å². The van der Waals surface area contributed by atoms with Crippen LogP contribution < -0.4 is 15.4 Å². The van der Waals surface area contributed by atoms with Gasteiger partial charge in [-0.25, -0.2) is 4.79 Å². The van der Waals surface area contributed by atoms with Crippen molar-refractivity contribution in [2.24, 2.45) is 5.92 Å². The Kier molecular flexibility index (Phi) is 7.66. The van der Waals surface area contributed by atoms with Gasteiger partial charge in [-0.2, -0.15) is 5.10 Å². The molecule has 0 saturated carbocycles. The molecule has 1 aromatic heterocycles. The number of carbonyl (C=O) groups excluding carboxylic acids is 2. The van der Waals surface area contributed by atoms with Crippen molar-refractivity contribution in [2.45, 2.75) is 52.7 Å². The molecule has 1 aliphatic rings. The molecule has 32 heavy (non-hydrogen) atoms. The second-order valence-electron chi connectivity index (χ2n) is 8.98. The van der Waals surface area contributed by atoms with E-state index in [2.05, 4.69) is 15.7 Å². The number of nitrogens with zero attached hydrogens (tertiary/aromatic N) is 2. The maximum atomic E-state index is 12.7. The Morgan fingerprint density at radius 2 is 2.06 bits per heavy atom. The van der Waals surface area contributed by atoms with Gasteiger partial charge in [-0.3, -0.25) is 9.48 Å². The first kappa shape index (κ1) is 23.9. The molecule has 2 heterocycles. The van der Waals surface area contributed by atoms with E-state index in [9.17, 15) is 9.59 Å². The minimum absolute atomic E-state index is 0.177. The van der Waals surface area contributed by atoms with Gasteiger partial charge in [-0.1, -0.05) is 11.6 Å². The van der Waals surface area contributed by atoms with E-state index in [-0.39, 0.29) is 11.8 Å². The normalized spacial score (nSPS) is 15.6. The Balaban J connectivity index is 1.48. The summed E-state index contributed by atoms with van der Waals surface area (Å²) in [5.74, 6) is 0.782. The van der Waals surface area contributed by atoms with Gasteiger partial charge in [0, 0.05) is 18.1 Å². The smallest absolute Gasteiger partial charge is 0.407 e. The Labute approximate surface area is 193 Å². The number of halogens is 1. The predicted molar refractivity (Wildman–Crippen MR) is 122 cm³/mol. The molecule has 0 bridgehead atoms. The maximum absolute atomic E-state index is 12.7. The second kappa shape index (κ2) is 10.3. The quantitative estimate of drug-likeness (QED) is 0.611. The van der Waals surface area contributed by atoms with E-state index in [1.807, 2.05) is 44.5 Å². The molecule has 0 radical (unpaired) electrons. The number of nitrogens with one attached hydrogen (secondary N) is 2. The fourth-order valence-electron chi connectivity index (χ4n) is 3.60. The third-order valence-corrected chi connectivity index (χ3v) is 5.38. The number of hydrogen-bond acceptors (Lipinski definition) is 5. The second-order valence-corrected chi connectivity index (χ2v) is 9.42. The van der Waals surface area contributed by atoms with Crippen LogP contribution in [-0.2, 0) is 17.7 Å². The van der Waals surface area contributed by atoms with Gasteiger partial charge >= 0.3 is 6.09 Å². The fraction of sp³-hybridized carbons (Fsp3) is 0.522. The number of aromatic nitrogens is 2. The summed E-state index contributed by atoms with van der Waals surface area (Å²) >= 11 is 5.96. The van der Waals surface area contributed by atoms with E-state index in [0.29, 0.717) is 43.2 Å². The van der Waals surface area contributed by atoms with Gasteiger partial charge in [0.15, 0.2) is 0 Å². The first-order valence-corrected chi connectivity index (χ1v) is 11.2. The Morgan fingerprint density at radius 1 is 1.28 bits per heavy atom.